The fraction of sp³-hybridized carbons (Fsp3) is 1.00. The van der Waals surface area contributed by atoms with Crippen molar-refractivity contribution < 1.29 is 49.0 Å². The van der Waals surface area contributed by atoms with Gasteiger partial charge < -0.3 is 9.47 Å². The first-order valence-corrected chi connectivity index (χ1v) is 6.64. The summed E-state index contributed by atoms with van der Waals surface area (Å²) in [6.45, 7) is 2.09. The predicted molar refractivity (Wildman–Crippen MR) is 61.8 cm³/mol. The molecule has 0 saturated carbocycles. The standard InChI is InChI=1S/C12H17F9O2/c1-3-4-6-22-8(2)23-7-5-9(13,14)10(15,16)11(17,18)12(19,20)21/h8H,3-7H2,1-2H3/t8-/m0/s1. The van der Waals surface area contributed by atoms with Crippen LogP contribution in [0.3, 0.4) is 0 Å². The van der Waals surface area contributed by atoms with Crippen LogP contribution in [0, 0.1) is 0 Å². The molecule has 0 bridgehead atoms. The van der Waals surface area contributed by atoms with Gasteiger partial charge in [0, 0.05) is 13.0 Å². The number of unbranched alkanes of at least 4 members (excludes halogenated alkanes) is 1. The molecule has 2 nitrogen and oxygen atoms in total. The topological polar surface area (TPSA) is 18.5 Å². The maximum atomic E-state index is 13.1. The lowest BCUT2D eigenvalue weighted by Gasteiger charge is -2.33. The van der Waals surface area contributed by atoms with Crippen LogP contribution in [0.1, 0.15) is 33.1 Å². The molecule has 0 aliphatic heterocycles. The molecule has 0 saturated heterocycles. The molecule has 11 heteroatoms. The van der Waals surface area contributed by atoms with Crippen molar-refractivity contribution in [2.45, 2.75) is 63.3 Å². The van der Waals surface area contributed by atoms with Crippen LogP contribution in [0.4, 0.5) is 39.5 Å². The van der Waals surface area contributed by atoms with Gasteiger partial charge in [0.2, 0.25) is 0 Å². The summed E-state index contributed by atoms with van der Waals surface area (Å²) in [4.78, 5) is 0. The van der Waals surface area contributed by atoms with E-state index in [1.807, 2.05) is 6.92 Å². The molecular weight excluding hydrogens is 347 g/mol. The average molecular weight is 364 g/mol. The van der Waals surface area contributed by atoms with E-state index in [1.54, 1.807) is 0 Å². The van der Waals surface area contributed by atoms with Gasteiger partial charge in [0.05, 0.1) is 6.61 Å². The summed E-state index contributed by atoms with van der Waals surface area (Å²) >= 11 is 0. The van der Waals surface area contributed by atoms with E-state index in [9.17, 15) is 39.5 Å². The average Bonchev–Trinajstić information content (AvgIpc) is 2.37. The first-order chi connectivity index (χ1) is 10.2. The number of hydrogen-bond acceptors (Lipinski definition) is 2. The molecular formula is C12H17F9O2. The van der Waals surface area contributed by atoms with Crippen LogP contribution in [-0.4, -0.2) is 43.4 Å². The molecule has 0 aliphatic carbocycles. The van der Waals surface area contributed by atoms with Crippen LogP contribution in [0.2, 0.25) is 0 Å². The maximum Gasteiger partial charge on any atom is 0.460 e. The monoisotopic (exact) mass is 364 g/mol. The molecule has 1 atom stereocenters. The first-order valence-electron chi connectivity index (χ1n) is 6.64. The fourth-order valence-electron chi connectivity index (χ4n) is 1.36. The van der Waals surface area contributed by atoms with Crippen molar-refractivity contribution in [2.75, 3.05) is 13.2 Å². The Morgan fingerprint density at radius 2 is 1.26 bits per heavy atom. The highest BCUT2D eigenvalue weighted by Gasteiger charge is 2.81. The maximum absolute atomic E-state index is 13.1. The fourth-order valence-corrected chi connectivity index (χ4v) is 1.36. The quantitative estimate of drug-likeness (QED) is 0.308. The zero-order valence-corrected chi connectivity index (χ0v) is 12.3. The summed E-state index contributed by atoms with van der Waals surface area (Å²) in [6, 6.07) is 0. The summed E-state index contributed by atoms with van der Waals surface area (Å²) < 4.78 is 122. The number of rotatable bonds is 10. The van der Waals surface area contributed by atoms with E-state index >= 15 is 0 Å². The van der Waals surface area contributed by atoms with Crippen molar-refractivity contribution in [3.8, 4) is 0 Å². The van der Waals surface area contributed by atoms with E-state index in [0.717, 1.165) is 6.42 Å². The van der Waals surface area contributed by atoms with Crippen molar-refractivity contribution in [1.82, 2.24) is 0 Å². The second-order valence-corrected chi connectivity index (χ2v) is 4.76. The van der Waals surface area contributed by atoms with Crippen molar-refractivity contribution in [1.29, 1.82) is 0 Å². The molecule has 23 heavy (non-hydrogen) atoms. The van der Waals surface area contributed by atoms with Gasteiger partial charge in [-0.1, -0.05) is 13.3 Å². The van der Waals surface area contributed by atoms with Crippen LogP contribution in [0.25, 0.3) is 0 Å². The molecule has 0 amide bonds. The molecule has 0 unspecified atom stereocenters. The molecule has 0 spiro atoms. The molecule has 0 aromatic carbocycles. The van der Waals surface area contributed by atoms with Crippen LogP contribution in [0.5, 0.6) is 0 Å². The molecule has 0 aliphatic rings. The summed E-state index contributed by atoms with van der Waals surface area (Å²) in [5, 5.41) is 0. The molecule has 0 aromatic heterocycles. The van der Waals surface area contributed by atoms with Crippen molar-refractivity contribution in [3.05, 3.63) is 0 Å². The molecule has 140 valence electrons. The Morgan fingerprint density at radius 3 is 1.70 bits per heavy atom. The highest BCUT2D eigenvalue weighted by atomic mass is 19.4. The zero-order valence-electron chi connectivity index (χ0n) is 12.3. The molecule has 0 heterocycles. The number of halogens is 9. The number of alkyl halides is 9. The highest BCUT2D eigenvalue weighted by Crippen LogP contribution is 2.53. The van der Waals surface area contributed by atoms with Crippen molar-refractivity contribution in [2.24, 2.45) is 0 Å². The third-order valence-electron chi connectivity index (χ3n) is 2.83. The van der Waals surface area contributed by atoms with E-state index in [-0.39, 0.29) is 6.61 Å². The van der Waals surface area contributed by atoms with Crippen LogP contribution < -0.4 is 0 Å². The molecule has 0 fully saturated rings. The number of ether oxygens (including phenoxy) is 2. The molecule has 0 aromatic rings. The molecule has 0 rings (SSSR count). The van der Waals surface area contributed by atoms with Crippen molar-refractivity contribution >= 4 is 0 Å². The summed E-state index contributed by atoms with van der Waals surface area (Å²) in [5.74, 6) is -19.1. The van der Waals surface area contributed by atoms with Gasteiger partial charge in [-0.15, -0.1) is 0 Å². The zero-order chi connectivity index (χ0) is 18.5. The van der Waals surface area contributed by atoms with E-state index in [1.165, 1.54) is 6.92 Å². The van der Waals surface area contributed by atoms with E-state index in [4.69, 9.17) is 4.74 Å². The van der Waals surface area contributed by atoms with Gasteiger partial charge in [-0.3, -0.25) is 0 Å². The predicted octanol–water partition coefficient (Wildman–Crippen LogP) is 5.02. The highest BCUT2D eigenvalue weighted by molar-refractivity contribution is 5.00. The smallest absolute Gasteiger partial charge is 0.353 e. The lowest BCUT2D eigenvalue weighted by Crippen LogP contribution is -2.61. The van der Waals surface area contributed by atoms with Crippen LogP contribution in [-0.2, 0) is 9.47 Å². The minimum absolute atomic E-state index is 0.191. The minimum atomic E-state index is -6.87. The van der Waals surface area contributed by atoms with Gasteiger partial charge in [0.15, 0.2) is 6.29 Å². The van der Waals surface area contributed by atoms with E-state index in [0.29, 0.717) is 6.42 Å². The third-order valence-corrected chi connectivity index (χ3v) is 2.83. The van der Waals surface area contributed by atoms with Crippen molar-refractivity contribution in [3.63, 3.8) is 0 Å². The Kier molecular flexibility index (Phi) is 7.66. The largest absolute Gasteiger partial charge is 0.460 e. The Labute approximate surface area is 126 Å². The van der Waals surface area contributed by atoms with Crippen LogP contribution >= 0.6 is 0 Å². The van der Waals surface area contributed by atoms with E-state index in [2.05, 4.69) is 4.74 Å². The summed E-state index contributed by atoms with van der Waals surface area (Å²) in [6.07, 6.45) is -8.55. The minimum Gasteiger partial charge on any atom is -0.353 e. The van der Waals surface area contributed by atoms with Gasteiger partial charge in [-0.2, -0.15) is 39.5 Å². The summed E-state index contributed by atoms with van der Waals surface area (Å²) in [7, 11) is 0. The van der Waals surface area contributed by atoms with Gasteiger partial charge in [-0.25, -0.2) is 0 Å². The lowest BCUT2D eigenvalue weighted by molar-refractivity contribution is -0.397. The van der Waals surface area contributed by atoms with Crippen LogP contribution in [0.15, 0.2) is 0 Å². The second-order valence-electron chi connectivity index (χ2n) is 4.76. The van der Waals surface area contributed by atoms with Gasteiger partial charge >= 0.3 is 23.9 Å². The Bertz CT molecular complexity index is 355. The Balaban J connectivity index is 4.68. The number of hydrogen-bond donors (Lipinski definition) is 0. The Morgan fingerprint density at radius 1 is 0.783 bits per heavy atom. The van der Waals surface area contributed by atoms with E-state index < -0.39 is 43.3 Å². The molecule has 0 radical (unpaired) electrons. The first kappa shape index (κ1) is 22.3. The van der Waals surface area contributed by atoms with Gasteiger partial charge in [-0.05, 0) is 13.3 Å². The third kappa shape index (κ3) is 5.40. The lowest BCUT2D eigenvalue weighted by atomic mass is 10.0. The SMILES string of the molecule is CCCCO[C@H](C)OCCC(F)(F)C(F)(F)C(F)(F)C(F)(F)F. The second kappa shape index (κ2) is 7.91. The normalized spacial score (nSPS) is 15.8. The van der Waals surface area contributed by atoms with Gasteiger partial charge in [0.1, 0.15) is 0 Å². The molecule has 0 N–H and O–H groups in total. The Hall–Kier alpha value is -0.710. The summed E-state index contributed by atoms with van der Waals surface area (Å²) in [5.41, 5.74) is 0. The van der Waals surface area contributed by atoms with Gasteiger partial charge in [0.25, 0.3) is 0 Å².